The fraction of sp³-hybridized carbons (Fsp3) is 0.400. The Labute approximate surface area is 207 Å². The fourth-order valence-electron chi connectivity index (χ4n) is 5.00. The minimum Gasteiger partial charge on any atom is -0.369 e. The maximum absolute atomic E-state index is 12.0. The van der Waals surface area contributed by atoms with Gasteiger partial charge >= 0.3 is 5.69 Å². The summed E-state index contributed by atoms with van der Waals surface area (Å²) in [5, 5.41) is 8.08. The Morgan fingerprint density at radius 2 is 1.64 bits per heavy atom. The molecule has 2 aromatic heterocycles. The highest BCUT2D eigenvalue weighted by Crippen LogP contribution is 2.25. The van der Waals surface area contributed by atoms with Crippen molar-refractivity contribution in [2.75, 3.05) is 55.6 Å². The number of nitrogens with two attached hydrogens (primary N) is 1. The number of piperidine rings is 1. The normalized spacial score (nSPS) is 17.3. The van der Waals surface area contributed by atoms with Crippen LogP contribution in [-0.2, 0) is 0 Å². The number of nitrogens with one attached hydrogen (secondary N) is 2. The first-order chi connectivity index (χ1) is 17.5. The van der Waals surface area contributed by atoms with Crippen LogP contribution in [-0.4, -0.2) is 76.8 Å². The predicted octanol–water partition coefficient (Wildman–Crippen LogP) is 0.658. The third-order valence-electron chi connectivity index (χ3n) is 7.09. The number of amides is 1. The zero-order valence-electron chi connectivity index (χ0n) is 20.0. The molecule has 1 aromatic carbocycles. The second-order valence-corrected chi connectivity index (χ2v) is 9.39. The van der Waals surface area contributed by atoms with Gasteiger partial charge in [0.15, 0.2) is 11.5 Å². The van der Waals surface area contributed by atoms with E-state index < -0.39 is 11.6 Å². The van der Waals surface area contributed by atoms with E-state index in [1.165, 1.54) is 6.20 Å². The van der Waals surface area contributed by atoms with E-state index in [2.05, 4.69) is 34.9 Å². The largest absolute Gasteiger partial charge is 0.369 e. The van der Waals surface area contributed by atoms with Gasteiger partial charge in [0, 0.05) is 57.7 Å². The molecular formula is C25H30N8O3. The maximum atomic E-state index is 12.0. The number of hydrogen-bond acceptors (Lipinski definition) is 8. The lowest BCUT2D eigenvalue weighted by Gasteiger charge is -2.39. The van der Waals surface area contributed by atoms with Crippen molar-refractivity contribution < 1.29 is 4.79 Å². The molecule has 2 aliphatic heterocycles. The lowest BCUT2D eigenvalue weighted by molar-refractivity contribution is 0.0994. The highest BCUT2D eigenvalue weighted by Gasteiger charge is 2.25. The van der Waals surface area contributed by atoms with Crippen LogP contribution in [0.4, 0.5) is 11.5 Å². The molecule has 3 aromatic rings. The third-order valence-corrected chi connectivity index (χ3v) is 7.09. The van der Waals surface area contributed by atoms with Crippen LogP contribution in [0.2, 0.25) is 0 Å². The molecule has 0 saturated carbocycles. The van der Waals surface area contributed by atoms with Crippen molar-refractivity contribution in [1.29, 1.82) is 0 Å². The van der Waals surface area contributed by atoms with Gasteiger partial charge < -0.3 is 20.5 Å². The van der Waals surface area contributed by atoms with Crippen molar-refractivity contribution in [3.63, 3.8) is 0 Å². The Balaban J connectivity index is 1.09. The number of aromatic nitrogens is 4. The van der Waals surface area contributed by atoms with Crippen LogP contribution in [0.3, 0.4) is 0 Å². The lowest BCUT2D eigenvalue weighted by Crippen LogP contribution is -2.49. The number of primary amides is 1. The monoisotopic (exact) mass is 490 g/mol. The van der Waals surface area contributed by atoms with Gasteiger partial charge in [0.25, 0.3) is 11.5 Å². The van der Waals surface area contributed by atoms with E-state index in [0.29, 0.717) is 11.5 Å². The molecule has 4 heterocycles. The maximum Gasteiger partial charge on any atom is 0.325 e. The van der Waals surface area contributed by atoms with Crippen LogP contribution in [0.1, 0.15) is 23.3 Å². The van der Waals surface area contributed by atoms with E-state index in [1.54, 1.807) is 6.07 Å². The van der Waals surface area contributed by atoms with E-state index in [1.807, 2.05) is 30.3 Å². The summed E-state index contributed by atoms with van der Waals surface area (Å²) in [6.07, 6.45) is 3.65. The summed E-state index contributed by atoms with van der Waals surface area (Å²) in [7, 11) is 0. The molecule has 1 amide bonds. The van der Waals surface area contributed by atoms with Crippen molar-refractivity contribution in [3.8, 4) is 11.1 Å². The molecule has 0 spiro atoms. The van der Waals surface area contributed by atoms with Gasteiger partial charge in [-0.1, -0.05) is 12.1 Å². The van der Waals surface area contributed by atoms with Crippen molar-refractivity contribution in [2.24, 2.45) is 11.7 Å². The number of H-pyrrole nitrogens is 2. The average molecular weight is 491 g/mol. The number of aromatic amines is 2. The molecular weight excluding hydrogens is 460 g/mol. The molecule has 2 aliphatic rings. The summed E-state index contributed by atoms with van der Waals surface area (Å²) < 4.78 is 0. The summed E-state index contributed by atoms with van der Waals surface area (Å²) in [6, 6.07) is 11.4. The second kappa shape index (κ2) is 10.3. The molecule has 0 atom stereocenters. The zero-order valence-corrected chi connectivity index (χ0v) is 20.0. The summed E-state index contributed by atoms with van der Waals surface area (Å²) in [4.78, 5) is 46.4. The van der Waals surface area contributed by atoms with Crippen molar-refractivity contribution >= 4 is 17.4 Å². The first-order valence-corrected chi connectivity index (χ1v) is 12.2. The Bertz CT molecular complexity index is 1300. The Kier molecular flexibility index (Phi) is 6.81. The topological polar surface area (TPSA) is 144 Å². The lowest BCUT2D eigenvalue weighted by atomic mass is 9.96. The number of nitrogens with zero attached hydrogens (tertiary/aromatic N) is 5. The molecule has 2 saturated heterocycles. The first-order valence-electron chi connectivity index (χ1n) is 12.2. The Morgan fingerprint density at radius 3 is 2.25 bits per heavy atom. The Hall–Kier alpha value is -3.99. The standard InChI is InChI=1S/C25H30N8O3/c26-23(34)21-5-6-22(30-29-21)33-9-7-17(8-10-33)16-31-11-13-32(14-12-31)19-3-1-18(2-4-19)20-15-27-25(36)28-24(20)35/h1-6,15,17H,7-14,16H2,(H2,26,34)(H2,27,28,35,36). The molecule has 0 radical (unpaired) electrons. The number of piperazine rings is 1. The predicted molar refractivity (Wildman–Crippen MR) is 137 cm³/mol. The van der Waals surface area contributed by atoms with Crippen LogP contribution < -0.4 is 26.8 Å². The average Bonchev–Trinajstić information content (AvgIpc) is 2.90. The van der Waals surface area contributed by atoms with E-state index in [-0.39, 0.29) is 11.3 Å². The molecule has 0 aliphatic carbocycles. The summed E-state index contributed by atoms with van der Waals surface area (Å²) >= 11 is 0. The third kappa shape index (κ3) is 5.30. The number of carbonyl (C=O) groups excluding carboxylic acids is 1. The van der Waals surface area contributed by atoms with Crippen molar-refractivity contribution in [1.82, 2.24) is 25.1 Å². The molecule has 11 heteroatoms. The molecule has 11 nitrogen and oxygen atoms in total. The van der Waals surface area contributed by atoms with Gasteiger partial charge in [-0.15, -0.1) is 10.2 Å². The van der Waals surface area contributed by atoms with Gasteiger partial charge in [-0.25, -0.2) is 4.79 Å². The fourth-order valence-corrected chi connectivity index (χ4v) is 5.00. The molecule has 0 unspecified atom stereocenters. The number of benzene rings is 1. The molecule has 36 heavy (non-hydrogen) atoms. The molecule has 0 bridgehead atoms. The SMILES string of the molecule is NC(=O)c1ccc(N2CCC(CN3CCN(c4ccc(-c5c[nH]c(=O)[nH]c5=O)cc4)CC3)CC2)nn1. The van der Waals surface area contributed by atoms with E-state index in [4.69, 9.17) is 5.73 Å². The first kappa shape index (κ1) is 23.7. The summed E-state index contributed by atoms with van der Waals surface area (Å²) in [5.41, 5.74) is 6.90. The minimum atomic E-state index is -0.563. The summed E-state index contributed by atoms with van der Waals surface area (Å²) in [6.45, 7) is 6.91. The molecule has 2 fully saturated rings. The van der Waals surface area contributed by atoms with Gasteiger partial charge in [-0.3, -0.25) is 19.5 Å². The number of rotatable bonds is 6. The number of carbonyl (C=O) groups is 1. The summed E-state index contributed by atoms with van der Waals surface area (Å²) in [5.74, 6) is 0.885. The van der Waals surface area contributed by atoms with Gasteiger partial charge in [0.2, 0.25) is 0 Å². The minimum absolute atomic E-state index is 0.188. The second-order valence-electron chi connectivity index (χ2n) is 9.39. The van der Waals surface area contributed by atoms with E-state index >= 15 is 0 Å². The number of hydrogen-bond donors (Lipinski definition) is 3. The highest BCUT2D eigenvalue weighted by molar-refractivity contribution is 5.90. The van der Waals surface area contributed by atoms with E-state index in [9.17, 15) is 14.4 Å². The van der Waals surface area contributed by atoms with Gasteiger partial charge in [-0.05, 0) is 48.6 Å². The Morgan fingerprint density at radius 1 is 0.917 bits per heavy atom. The van der Waals surface area contributed by atoms with Gasteiger partial charge in [0.1, 0.15) is 0 Å². The quantitative estimate of drug-likeness (QED) is 0.457. The molecule has 5 rings (SSSR count). The van der Waals surface area contributed by atoms with Crippen LogP contribution in [0.25, 0.3) is 11.1 Å². The highest BCUT2D eigenvalue weighted by atomic mass is 16.2. The van der Waals surface area contributed by atoms with Crippen LogP contribution in [0, 0.1) is 5.92 Å². The van der Waals surface area contributed by atoms with Crippen LogP contribution in [0.15, 0.2) is 52.2 Å². The van der Waals surface area contributed by atoms with Gasteiger partial charge in [-0.2, -0.15) is 0 Å². The molecule has 188 valence electrons. The van der Waals surface area contributed by atoms with Crippen molar-refractivity contribution in [3.05, 3.63) is 69.1 Å². The van der Waals surface area contributed by atoms with E-state index in [0.717, 1.165) is 75.7 Å². The smallest absolute Gasteiger partial charge is 0.325 e. The zero-order chi connectivity index (χ0) is 25.1. The molecule has 4 N–H and O–H groups in total. The van der Waals surface area contributed by atoms with Crippen molar-refractivity contribution in [2.45, 2.75) is 12.8 Å². The van der Waals surface area contributed by atoms with Crippen LogP contribution in [0.5, 0.6) is 0 Å². The van der Waals surface area contributed by atoms with Gasteiger partial charge in [0.05, 0.1) is 5.56 Å². The van der Waals surface area contributed by atoms with Crippen LogP contribution >= 0.6 is 0 Å². The number of anilines is 2.